The lowest BCUT2D eigenvalue weighted by Crippen LogP contribution is -2.39. The third-order valence-electron chi connectivity index (χ3n) is 4.97. The molecule has 1 N–H and O–H groups in total. The molecule has 0 saturated carbocycles. The van der Waals surface area contributed by atoms with Gasteiger partial charge in [0, 0.05) is 35.6 Å². The summed E-state index contributed by atoms with van der Waals surface area (Å²) in [4.78, 5) is 27.6. The van der Waals surface area contributed by atoms with Crippen LogP contribution in [0.2, 0.25) is 5.02 Å². The van der Waals surface area contributed by atoms with Crippen molar-refractivity contribution in [1.82, 2.24) is 10.2 Å². The summed E-state index contributed by atoms with van der Waals surface area (Å²) in [6.07, 6.45) is 0. The van der Waals surface area contributed by atoms with Crippen molar-refractivity contribution in [3.63, 3.8) is 0 Å². The molecule has 148 valence electrons. The van der Waals surface area contributed by atoms with Crippen molar-refractivity contribution in [2.45, 2.75) is 25.8 Å². The quantitative estimate of drug-likeness (QED) is 0.831. The summed E-state index contributed by atoms with van der Waals surface area (Å²) in [6.45, 7) is 4.70. The molecule has 1 heterocycles. The second kappa shape index (κ2) is 8.65. The van der Waals surface area contributed by atoms with Crippen molar-refractivity contribution in [3.05, 3.63) is 64.7 Å². The van der Waals surface area contributed by atoms with Gasteiger partial charge in [-0.25, -0.2) is 0 Å². The van der Waals surface area contributed by atoms with Gasteiger partial charge < -0.3 is 15.0 Å². The molecule has 1 aliphatic rings. The van der Waals surface area contributed by atoms with Crippen molar-refractivity contribution in [2.24, 2.45) is 5.92 Å². The summed E-state index contributed by atoms with van der Waals surface area (Å²) < 4.78 is 5.34. The molecule has 0 unspecified atom stereocenters. The monoisotopic (exact) mass is 400 g/mol. The van der Waals surface area contributed by atoms with Crippen LogP contribution in [0.15, 0.2) is 48.5 Å². The molecule has 6 heteroatoms. The van der Waals surface area contributed by atoms with E-state index in [-0.39, 0.29) is 29.7 Å². The minimum absolute atomic E-state index is 0.0378. The fourth-order valence-corrected chi connectivity index (χ4v) is 3.83. The molecule has 28 heavy (non-hydrogen) atoms. The number of nitrogens with one attached hydrogen (secondary N) is 1. The van der Waals surface area contributed by atoms with Gasteiger partial charge in [-0.15, -0.1) is 0 Å². The van der Waals surface area contributed by atoms with Gasteiger partial charge in [0.05, 0.1) is 13.0 Å². The number of carbonyl (C=O) groups is 2. The van der Waals surface area contributed by atoms with Crippen LogP contribution < -0.4 is 10.1 Å². The lowest BCUT2D eigenvalue weighted by molar-refractivity contribution is -0.125. The first-order valence-corrected chi connectivity index (χ1v) is 9.76. The molecule has 1 saturated heterocycles. The van der Waals surface area contributed by atoms with Crippen molar-refractivity contribution in [3.8, 4) is 5.75 Å². The zero-order valence-electron chi connectivity index (χ0n) is 16.3. The van der Waals surface area contributed by atoms with Crippen molar-refractivity contribution in [1.29, 1.82) is 0 Å². The highest BCUT2D eigenvalue weighted by atomic mass is 35.5. The predicted molar refractivity (Wildman–Crippen MR) is 110 cm³/mol. The molecule has 1 aliphatic heterocycles. The Morgan fingerprint density at radius 2 is 1.89 bits per heavy atom. The summed E-state index contributed by atoms with van der Waals surface area (Å²) >= 11 is 6.04. The number of likely N-dealkylation sites (tertiary alicyclic amines) is 1. The fraction of sp³-hybridized carbons (Fsp3) is 0.364. The third kappa shape index (κ3) is 4.47. The number of halogens is 1. The number of carbonyl (C=O) groups excluding carboxylic acids is 2. The van der Waals surface area contributed by atoms with E-state index in [0.717, 1.165) is 11.3 Å². The zero-order valence-corrected chi connectivity index (χ0v) is 17.1. The molecular weight excluding hydrogens is 376 g/mol. The van der Waals surface area contributed by atoms with Crippen molar-refractivity contribution < 1.29 is 14.3 Å². The molecule has 2 amide bonds. The molecule has 0 spiro atoms. The van der Waals surface area contributed by atoms with E-state index in [2.05, 4.69) is 5.32 Å². The van der Waals surface area contributed by atoms with E-state index in [0.29, 0.717) is 23.7 Å². The zero-order chi connectivity index (χ0) is 20.3. The molecular formula is C22H25ClN2O3. The Labute approximate surface area is 170 Å². The number of rotatable bonds is 5. The van der Waals surface area contributed by atoms with Crippen LogP contribution in [0.4, 0.5) is 0 Å². The van der Waals surface area contributed by atoms with E-state index in [9.17, 15) is 9.59 Å². The predicted octanol–water partition coefficient (Wildman–Crippen LogP) is 3.73. The summed E-state index contributed by atoms with van der Waals surface area (Å²) in [5, 5.41) is 3.51. The Balaban J connectivity index is 1.89. The maximum Gasteiger partial charge on any atom is 0.253 e. The molecule has 3 rings (SSSR count). The minimum atomic E-state index is -0.322. The number of ether oxygens (including phenoxy) is 1. The molecule has 0 radical (unpaired) electrons. The van der Waals surface area contributed by atoms with Gasteiger partial charge in [0.25, 0.3) is 5.91 Å². The molecule has 2 aromatic rings. The van der Waals surface area contributed by atoms with Gasteiger partial charge in [-0.3, -0.25) is 9.59 Å². The molecule has 1 fully saturated rings. The first-order chi connectivity index (χ1) is 13.4. The number of benzene rings is 2. The molecule has 2 aromatic carbocycles. The number of nitrogens with zero attached hydrogens (tertiary/aromatic N) is 1. The molecule has 0 aromatic heterocycles. The number of hydrogen-bond acceptors (Lipinski definition) is 3. The lowest BCUT2D eigenvalue weighted by atomic mass is 9.88. The second-order valence-electron chi connectivity index (χ2n) is 7.37. The first-order valence-electron chi connectivity index (χ1n) is 9.38. The summed E-state index contributed by atoms with van der Waals surface area (Å²) in [7, 11) is 1.62. The largest absolute Gasteiger partial charge is 0.497 e. The van der Waals surface area contributed by atoms with Crippen LogP contribution in [0, 0.1) is 5.92 Å². The van der Waals surface area contributed by atoms with Crippen LogP contribution in [0.3, 0.4) is 0 Å². The Hall–Kier alpha value is -2.53. The summed E-state index contributed by atoms with van der Waals surface area (Å²) in [5.74, 6) is 0.161. The molecule has 2 atom stereocenters. The van der Waals surface area contributed by atoms with Gasteiger partial charge in [-0.1, -0.05) is 29.8 Å². The summed E-state index contributed by atoms with van der Waals surface area (Å²) in [6, 6.07) is 14.6. The van der Waals surface area contributed by atoms with Crippen LogP contribution in [-0.2, 0) is 4.79 Å². The Morgan fingerprint density at radius 3 is 2.57 bits per heavy atom. The summed E-state index contributed by atoms with van der Waals surface area (Å²) in [5.41, 5.74) is 1.52. The molecule has 0 aliphatic carbocycles. The van der Waals surface area contributed by atoms with Gasteiger partial charge in [0.15, 0.2) is 0 Å². The van der Waals surface area contributed by atoms with Crippen molar-refractivity contribution in [2.75, 3.05) is 20.2 Å². The average Bonchev–Trinajstić information content (AvgIpc) is 3.12. The maximum atomic E-state index is 13.0. The van der Waals surface area contributed by atoms with E-state index < -0.39 is 0 Å². The van der Waals surface area contributed by atoms with Crippen LogP contribution >= 0.6 is 11.6 Å². The number of methoxy groups -OCH3 is 1. The topological polar surface area (TPSA) is 58.6 Å². The van der Waals surface area contributed by atoms with Crippen LogP contribution in [-0.4, -0.2) is 43.0 Å². The standard InChI is InChI=1S/C22H25ClN2O3/c1-14(2)24-21(26)20-13-25(22(27)16-7-4-8-17(23)10-16)12-19(20)15-6-5-9-18(11-15)28-3/h4-11,14,19-20H,12-13H2,1-3H3,(H,24,26)/t19-,20-/m0/s1. The van der Waals surface area contributed by atoms with Crippen molar-refractivity contribution >= 4 is 23.4 Å². The number of hydrogen-bond donors (Lipinski definition) is 1. The average molecular weight is 401 g/mol. The Bertz CT molecular complexity index is 868. The maximum absolute atomic E-state index is 13.0. The van der Waals surface area contributed by atoms with Gasteiger partial charge in [-0.05, 0) is 49.7 Å². The normalized spacial score (nSPS) is 19.0. The van der Waals surface area contributed by atoms with E-state index in [1.807, 2.05) is 38.1 Å². The Kier molecular flexibility index (Phi) is 6.25. The second-order valence-corrected chi connectivity index (χ2v) is 7.81. The van der Waals surface area contributed by atoms with E-state index in [1.165, 1.54) is 0 Å². The SMILES string of the molecule is COc1cccc([C@@H]2CN(C(=O)c3cccc(Cl)c3)C[C@@H]2C(=O)NC(C)C)c1. The molecule has 5 nitrogen and oxygen atoms in total. The number of amides is 2. The van der Waals surface area contributed by atoms with Gasteiger partial charge >= 0.3 is 0 Å². The van der Waals surface area contributed by atoms with Gasteiger partial charge in [0.1, 0.15) is 5.75 Å². The smallest absolute Gasteiger partial charge is 0.253 e. The van der Waals surface area contributed by atoms with Crippen LogP contribution in [0.5, 0.6) is 5.75 Å². The highest BCUT2D eigenvalue weighted by Crippen LogP contribution is 2.35. The van der Waals surface area contributed by atoms with Gasteiger partial charge in [0.2, 0.25) is 5.91 Å². The Morgan fingerprint density at radius 1 is 1.14 bits per heavy atom. The van der Waals surface area contributed by atoms with E-state index >= 15 is 0 Å². The van der Waals surface area contributed by atoms with Crippen LogP contribution in [0.25, 0.3) is 0 Å². The molecule has 0 bridgehead atoms. The highest BCUT2D eigenvalue weighted by Gasteiger charge is 2.40. The minimum Gasteiger partial charge on any atom is -0.497 e. The van der Waals surface area contributed by atoms with E-state index in [4.69, 9.17) is 16.3 Å². The van der Waals surface area contributed by atoms with Crippen LogP contribution in [0.1, 0.15) is 35.7 Å². The third-order valence-corrected chi connectivity index (χ3v) is 5.20. The van der Waals surface area contributed by atoms with E-state index in [1.54, 1.807) is 36.3 Å². The first kappa shape index (κ1) is 20.2. The van der Waals surface area contributed by atoms with Gasteiger partial charge in [-0.2, -0.15) is 0 Å². The lowest BCUT2D eigenvalue weighted by Gasteiger charge is -2.20. The highest BCUT2D eigenvalue weighted by molar-refractivity contribution is 6.30. The fourth-order valence-electron chi connectivity index (χ4n) is 3.64.